The zero-order valence-corrected chi connectivity index (χ0v) is 7.08. The van der Waals surface area contributed by atoms with Crippen LogP contribution in [-0.4, -0.2) is 49.2 Å². The lowest BCUT2D eigenvalue weighted by atomic mass is 10.3. The summed E-state index contributed by atoms with van der Waals surface area (Å²) in [6.45, 7) is 2.46. The van der Waals surface area contributed by atoms with Crippen molar-refractivity contribution in [2.45, 2.75) is 19.1 Å². The summed E-state index contributed by atoms with van der Waals surface area (Å²) in [5.41, 5.74) is 0. The van der Waals surface area contributed by atoms with E-state index >= 15 is 0 Å². The standard InChI is InChI=1S/C7H17NO3/c1-6(11-2)3-8-7(4-9)5-10/h6-10H,3-5H2,1-2H3. The molecule has 0 rings (SSSR count). The van der Waals surface area contributed by atoms with Crippen molar-refractivity contribution in [2.75, 3.05) is 26.9 Å². The van der Waals surface area contributed by atoms with Crippen LogP contribution in [0.5, 0.6) is 0 Å². The van der Waals surface area contributed by atoms with Gasteiger partial charge in [0.15, 0.2) is 0 Å². The molecule has 0 amide bonds. The van der Waals surface area contributed by atoms with Gasteiger partial charge in [-0.25, -0.2) is 0 Å². The normalized spacial score (nSPS) is 13.9. The van der Waals surface area contributed by atoms with Gasteiger partial charge < -0.3 is 20.3 Å². The minimum Gasteiger partial charge on any atom is -0.395 e. The van der Waals surface area contributed by atoms with Crippen LogP contribution in [0.4, 0.5) is 0 Å². The second-order valence-electron chi connectivity index (χ2n) is 2.52. The lowest BCUT2D eigenvalue weighted by Gasteiger charge is -2.16. The van der Waals surface area contributed by atoms with E-state index in [1.165, 1.54) is 0 Å². The molecule has 0 spiro atoms. The van der Waals surface area contributed by atoms with Crippen molar-refractivity contribution in [3.63, 3.8) is 0 Å². The molecule has 1 atom stereocenters. The summed E-state index contributed by atoms with van der Waals surface area (Å²) in [5.74, 6) is 0. The molecule has 0 radical (unpaired) electrons. The van der Waals surface area contributed by atoms with Crippen LogP contribution in [0.1, 0.15) is 6.92 Å². The Labute approximate surface area is 67.2 Å². The van der Waals surface area contributed by atoms with Gasteiger partial charge in [0.05, 0.1) is 25.4 Å². The van der Waals surface area contributed by atoms with Crippen LogP contribution in [0.15, 0.2) is 0 Å². The highest BCUT2D eigenvalue weighted by molar-refractivity contribution is 4.65. The van der Waals surface area contributed by atoms with E-state index in [9.17, 15) is 0 Å². The molecule has 0 aliphatic carbocycles. The average molecular weight is 163 g/mol. The number of rotatable bonds is 6. The van der Waals surface area contributed by atoms with Gasteiger partial charge in [-0.15, -0.1) is 0 Å². The van der Waals surface area contributed by atoms with Gasteiger partial charge in [-0.1, -0.05) is 0 Å². The number of aliphatic hydroxyl groups is 2. The summed E-state index contributed by atoms with van der Waals surface area (Å²) in [6, 6.07) is -0.229. The molecular formula is C7H17NO3. The van der Waals surface area contributed by atoms with E-state index in [1.807, 2.05) is 6.92 Å². The van der Waals surface area contributed by atoms with E-state index in [1.54, 1.807) is 7.11 Å². The molecule has 0 heterocycles. The van der Waals surface area contributed by atoms with Crippen molar-refractivity contribution >= 4 is 0 Å². The quantitative estimate of drug-likeness (QED) is 0.468. The average Bonchev–Trinajstić information content (AvgIpc) is 2.06. The number of ether oxygens (including phenoxy) is 1. The first-order valence-electron chi connectivity index (χ1n) is 3.72. The van der Waals surface area contributed by atoms with Crippen LogP contribution in [0.2, 0.25) is 0 Å². The lowest BCUT2D eigenvalue weighted by molar-refractivity contribution is 0.102. The van der Waals surface area contributed by atoms with Gasteiger partial charge in [0.2, 0.25) is 0 Å². The van der Waals surface area contributed by atoms with Crippen molar-refractivity contribution in [3.05, 3.63) is 0 Å². The Kier molecular flexibility index (Phi) is 6.45. The van der Waals surface area contributed by atoms with E-state index < -0.39 is 0 Å². The number of aliphatic hydroxyl groups excluding tert-OH is 2. The third-order valence-corrected chi connectivity index (χ3v) is 1.54. The van der Waals surface area contributed by atoms with Crippen molar-refractivity contribution in [1.29, 1.82) is 0 Å². The molecule has 1 unspecified atom stereocenters. The first kappa shape index (κ1) is 10.8. The summed E-state index contributed by atoms with van der Waals surface area (Å²) in [7, 11) is 1.62. The van der Waals surface area contributed by atoms with Crippen molar-refractivity contribution < 1.29 is 14.9 Å². The SMILES string of the molecule is COC(C)CNC(CO)CO. The third kappa shape index (κ3) is 5.15. The molecule has 0 saturated carbocycles. The Morgan fingerprint density at radius 2 is 1.91 bits per heavy atom. The van der Waals surface area contributed by atoms with Crippen LogP contribution >= 0.6 is 0 Å². The molecule has 0 saturated heterocycles. The zero-order chi connectivity index (χ0) is 8.69. The highest BCUT2D eigenvalue weighted by atomic mass is 16.5. The fourth-order valence-electron chi connectivity index (χ4n) is 0.603. The zero-order valence-electron chi connectivity index (χ0n) is 7.08. The van der Waals surface area contributed by atoms with Crippen LogP contribution in [-0.2, 0) is 4.74 Å². The summed E-state index contributed by atoms with van der Waals surface area (Å²) in [6.07, 6.45) is 0.107. The number of methoxy groups -OCH3 is 1. The van der Waals surface area contributed by atoms with Crippen LogP contribution < -0.4 is 5.32 Å². The molecule has 11 heavy (non-hydrogen) atoms. The Morgan fingerprint density at radius 1 is 1.36 bits per heavy atom. The van der Waals surface area contributed by atoms with Crippen molar-refractivity contribution in [2.24, 2.45) is 0 Å². The van der Waals surface area contributed by atoms with Crippen molar-refractivity contribution in [1.82, 2.24) is 5.32 Å². The second kappa shape index (κ2) is 6.54. The fourth-order valence-corrected chi connectivity index (χ4v) is 0.603. The Bertz CT molecular complexity index is 85.8. The Morgan fingerprint density at radius 3 is 2.27 bits per heavy atom. The first-order valence-corrected chi connectivity index (χ1v) is 3.72. The molecule has 0 fully saturated rings. The molecule has 0 aliphatic heterocycles. The summed E-state index contributed by atoms with van der Waals surface area (Å²) < 4.78 is 4.96. The highest BCUT2D eigenvalue weighted by Crippen LogP contribution is 1.86. The summed E-state index contributed by atoms with van der Waals surface area (Å²) in [4.78, 5) is 0. The molecule has 4 heteroatoms. The maximum atomic E-state index is 8.65. The van der Waals surface area contributed by atoms with E-state index in [4.69, 9.17) is 14.9 Å². The van der Waals surface area contributed by atoms with E-state index in [2.05, 4.69) is 5.32 Å². The summed E-state index contributed by atoms with van der Waals surface area (Å²) >= 11 is 0. The number of hydrogen-bond donors (Lipinski definition) is 3. The van der Waals surface area contributed by atoms with Gasteiger partial charge in [0.25, 0.3) is 0 Å². The molecular weight excluding hydrogens is 146 g/mol. The molecule has 0 aliphatic rings. The minimum atomic E-state index is -0.229. The predicted molar refractivity (Wildman–Crippen MR) is 42.4 cm³/mol. The van der Waals surface area contributed by atoms with Gasteiger partial charge in [-0.2, -0.15) is 0 Å². The van der Waals surface area contributed by atoms with Gasteiger partial charge in [-0.3, -0.25) is 0 Å². The van der Waals surface area contributed by atoms with Crippen LogP contribution in [0, 0.1) is 0 Å². The van der Waals surface area contributed by atoms with Crippen LogP contribution in [0.25, 0.3) is 0 Å². The van der Waals surface area contributed by atoms with Gasteiger partial charge >= 0.3 is 0 Å². The van der Waals surface area contributed by atoms with Crippen LogP contribution in [0.3, 0.4) is 0 Å². The van der Waals surface area contributed by atoms with E-state index in [-0.39, 0.29) is 25.4 Å². The first-order chi connectivity index (χ1) is 5.24. The third-order valence-electron chi connectivity index (χ3n) is 1.54. The largest absolute Gasteiger partial charge is 0.395 e. The smallest absolute Gasteiger partial charge is 0.0667 e. The predicted octanol–water partition coefficient (Wildman–Crippen LogP) is -1.04. The molecule has 0 bridgehead atoms. The minimum absolute atomic E-state index is 0.0487. The molecule has 3 N–H and O–H groups in total. The van der Waals surface area contributed by atoms with Gasteiger partial charge in [0.1, 0.15) is 0 Å². The Hall–Kier alpha value is -0.160. The van der Waals surface area contributed by atoms with Gasteiger partial charge in [0, 0.05) is 13.7 Å². The second-order valence-corrected chi connectivity index (χ2v) is 2.52. The number of hydrogen-bond acceptors (Lipinski definition) is 4. The molecule has 0 aromatic rings. The lowest BCUT2D eigenvalue weighted by Crippen LogP contribution is -2.40. The highest BCUT2D eigenvalue weighted by Gasteiger charge is 2.06. The van der Waals surface area contributed by atoms with Gasteiger partial charge in [-0.05, 0) is 6.92 Å². The van der Waals surface area contributed by atoms with Crippen molar-refractivity contribution in [3.8, 4) is 0 Å². The van der Waals surface area contributed by atoms with E-state index in [0.29, 0.717) is 6.54 Å². The Balaban J connectivity index is 3.34. The molecule has 0 aromatic heterocycles. The maximum absolute atomic E-state index is 8.65. The topological polar surface area (TPSA) is 61.7 Å². The summed E-state index contributed by atoms with van der Waals surface area (Å²) in [5, 5.41) is 20.2. The molecule has 4 nitrogen and oxygen atoms in total. The monoisotopic (exact) mass is 163 g/mol. The molecule has 0 aromatic carbocycles. The van der Waals surface area contributed by atoms with E-state index in [0.717, 1.165) is 0 Å². The number of nitrogens with one attached hydrogen (secondary N) is 1. The molecule has 68 valence electrons. The fraction of sp³-hybridized carbons (Fsp3) is 1.00. The maximum Gasteiger partial charge on any atom is 0.0667 e.